The van der Waals surface area contributed by atoms with Crippen molar-refractivity contribution in [2.75, 3.05) is 7.11 Å². The summed E-state index contributed by atoms with van der Waals surface area (Å²) in [6.45, 7) is 0. The van der Waals surface area contributed by atoms with E-state index in [4.69, 9.17) is 22.1 Å². The quantitative estimate of drug-likeness (QED) is 0.561. The first-order valence-corrected chi connectivity index (χ1v) is 8.13. The lowest BCUT2D eigenvalue weighted by atomic mass is 9.99. The van der Waals surface area contributed by atoms with Gasteiger partial charge in [-0.3, -0.25) is 9.48 Å². The zero-order valence-electron chi connectivity index (χ0n) is 14.0. The molecule has 0 fully saturated rings. The molecule has 0 radical (unpaired) electrons. The lowest BCUT2D eigenvalue weighted by molar-refractivity contribution is 0.0996. The lowest BCUT2D eigenvalue weighted by Gasteiger charge is -2.11. The van der Waals surface area contributed by atoms with Gasteiger partial charge in [0, 0.05) is 17.8 Å². The van der Waals surface area contributed by atoms with E-state index in [1.165, 1.54) is 7.11 Å². The molecule has 0 spiro atoms. The smallest absolute Gasteiger partial charge is 0.269 e. The number of hydrogen-bond donors (Lipinski definition) is 1. The molecule has 0 unspecified atom stereocenters. The maximum Gasteiger partial charge on any atom is 0.269 e. The van der Waals surface area contributed by atoms with E-state index in [-0.39, 0.29) is 5.69 Å². The van der Waals surface area contributed by atoms with Crippen molar-refractivity contribution in [2.45, 2.75) is 0 Å². The molecule has 0 atom stereocenters. The molecule has 8 heteroatoms. The van der Waals surface area contributed by atoms with E-state index in [1.807, 2.05) is 24.3 Å². The lowest BCUT2D eigenvalue weighted by Crippen LogP contribution is -2.12. The number of ether oxygens (including phenoxy) is 1. The van der Waals surface area contributed by atoms with Gasteiger partial charge < -0.3 is 10.5 Å². The molecule has 7 nitrogen and oxygen atoms in total. The Hall–Kier alpha value is -3.19. The molecule has 0 bridgehead atoms. The maximum absolute atomic E-state index is 11.9. The molecular formula is C18H14ClN5O2. The molecule has 1 amide bonds. The fourth-order valence-corrected chi connectivity index (χ4v) is 3.23. The summed E-state index contributed by atoms with van der Waals surface area (Å²) in [5.41, 5.74) is 8.63. The van der Waals surface area contributed by atoms with E-state index in [0.717, 1.165) is 16.5 Å². The highest BCUT2D eigenvalue weighted by molar-refractivity contribution is 6.29. The summed E-state index contributed by atoms with van der Waals surface area (Å²) in [5, 5.41) is 6.17. The Morgan fingerprint density at radius 3 is 2.81 bits per heavy atom. The third-order valence-electron chi connectivity index (χ3n) is 4.23. The zero-order valence-corrected chi connectivity index (χ0v) is 14.8. The summed E-state index contributed by atoms with van der Waals surface area (Å²) < 4.78 is 7.02. The van der Waals surface area contributed by atoms with Crippen LogP contribution in [0.3, 0.4) is 0 Å². The second-order valence-corrected chi connectivity index (χ2v) is 6.17. The molecule has 4 aromatic rings. The first-order valence-electron chi connectivity index (χ1n) is 7.75. The summed E-state index contributed by atoms with van der Waals surface area (Å²) >= 11 is 5.96. The van der Waals surface area contributed by atoms with Gasteiger partial charge in [0.1, 0.15) is 5.15 Å². The average molecular weight is 368 g/mol. The van der Waals surface area contributed by atoms with Gasteiger partial charge in [-0.05, 0) is 29.8 Å². The van der Waals surface area contributed by atoms with Crippen molar-refractivity contribution in [3.05, 3.63) is 47.4 Å². The molecule has 0 saturated heterocycles. The van der Waals surface area contributed by atoms with Gasteiger partial charge in [0.05, 0.1) is 29.9 Å². The summed E-state index contributed by atoms with van der Waals surface area (Å²) in [6, 6.07) is 9.28. The Balaban J connectivity index is 2.09. The van der Waals surface area contributed by atoms with Crippen LogP contribution in [0.25, 0.3) is 32.9 Å². The summed E-state index contributed by atoms with van der Waals surface area (Å²) in [4.78, 5) is 20.6. The fraction of sp³-hybridized carbons (Fsp3) is 0.111. The van der Waals surface area contributed by atoms with Gasteiger partial charge in [-0.25, -0.2) is 9.97 Å². The SMILES string of the molecule is COc1ncc2c(c(C(N)=O)nn2C)c1-c1ccc2nc(Cl)ccc2c1. The van der Waals surface area contributed by atoms with Crippen LogP contribution >= 0.6 is 11.6 Å². The second kappa shape index (κ2) is 5.96. The highest BCUT2D eigenvalue weighted by Gasteiger charge is 2.22. The van der Waals surface area contributed by atoms with Crippen molar-refractivity contribution in [1.82, 2.24) is 19.7 Å². The van der Waals surface area contributed by atoms with Crippen molar-refractivity contribution < 1.29 is 9.53 Å². The Bertz CT molecular complexity index is 1190. The number of fused-ring (bicyclic) bond motifs is 2. The number of carbonyl (C=O) groups is 1. The van der Waals surface area contributed by atoms with E-state index in [0.29, 0.717) is 27.5 Å². The van der Waals surface area contributed by atoms with E-state index in [1.54, 1.807) is 24.0 Å². The molecule has 3 heterocycles. The van der Waals surface area contributed by atoms with Crippen molar-refractivity contribution in [1.29, 1.82) is 0 Å². The molecule has 0 aliphatic carbocycles. The molecule has 1 aromatic carbocycles. The zero-order chi connectivity index (χ0) is 18.4. The summed E-state index contributed by atoms with van der Waals surface area (Å²) in [5.74, 6) is -0.228. The largest absolute Gasteiger partial charge is 0.481 e. The van der Waals surface area contributed by atoms with Crippen LogP contribution in [0.4, 0.5) is 0 Å². The van der Waals surface area contributed by atoms with Crippen LogP contribution in [0.2, 0.25) is 5.15 Å². The minimum atomic E-state index is -0.612. The number of amides is 1. The minimum absolute atomic E-state index is 0.174. The Kier molecular flexibility index (Phi) is 3.73. The highest BCUT2D eigenvalue weighted by atomic mass is 35.5. The molecular weight excluding hydrogens is 354 g/mol. The topological polar surface area (TPSA) is 95.9 Å². The molecule has 0 aliphatic heterocycles. The summed E-state index contributed by atoms with van der Waals surface area (Å²) in [6.07, 6.45) is 1.61. The molecule has 26 heavy (non-hydrogen) atoms. The summed E-state index contributed by atoms with van der Waals surface area (Å²) in [7, 11) is 3.26. The minimum Gasteiger partial charge on any atom is -0.481 e. The van der Waals surface area contributed by atoms with E-state index < -0.39 is 5.91 Å². The standard InChI is InChI=1S/C18H14ClN5O2/c1-24-12-8-21-18(26-2)14(15(12)16(23-24)17(20)25)10-3-5-11-9(7-10)4-6-13(19)22-11/h3-8H,1-2H3,(H2,20,25). The van der Waals surface area contributed by atoms with Gasteiger partial charge in [-0.2, -0.15) is 5.10 Å². The number of rotatable bonds is 3. The Morgan fingerprint density at radius 1 is 1.27 bits per heavy atom. The molecule has 130 valence electrons. The van der Waals surface area contributed by atoms with Crippen LogP contribution in [-0.2, 0) is 7.05 Å². The monoisotopic (exact) mass is 367 g/mol. The third kappa shape index (κ3) is 2.44. The van der Waals surface area contributed by atoms with Gasteiger partial charge in [0.15, 0.2) is 5.69 Å². The molecule has 0 aliphatic rings. The van der Waals surface area contributed by atoms with Gasteiger partial charge in [-0.1, -0.05) is 17.7 Å². The Morgan fingerprint density at radius 2 is 2.08 bits per heavy atom. The molecule has 3 aromatic heterocycles. The predicted octanol–water partition coefficient (Wildman–Crippen LogP) is 2.94. The van der Waals surface area contributed by atoms with Gasteiger partial charge >= 0.3 is 0 Å². The number of carbonyl (C=O) groups excluding carboxylic acids is 1. The van der Waals surface area contributed by atoms with Crippen molar-refractivity contribution in [3.8, 4) is 17.0 Å². The predicted molar refractivity (Wildman–Crippen MR) is 99.3 cm³/mol. The van der Waals surface area contributed by atoms with E-state index in [9.17, 15) is 4.79 Å². The van der Waals surface area contributed by atoms with Crippen LogP contribution < -0.4 is 10.5 Å². The molecule has 0 saturated carbocycles. The average Bonchev–Trinajstić information content (AvgIpc) is 2.97. The Labute approximate surface area is 153 Å². The van der Waals surface area contributed by atoms with Crippen LogP contribution in [0.1, 0.15) is 10.5 Å². The van der Waals surface area contributed by atoms with Gasteiger partial charge in [0.2, 0.25) is 5.88 Å². The van der Waals surface area contributed by atoms with Crippen LogP contribution in [0, 0.1) is 0 Å². The van der Waals surface area contributed by atoms with E-state index in [2.05, 4.69) is 15.1 Å². The molecule has 4 rings (SSSR count). The van der Waals surface area contributed by atoms with Crippen LogP contribution in [0.5, 0.6) is 5.88 Å². The number of primary amides is 1. The van der Waals surface area contributed by atoms with Crippen LogP contribution in [0.15, 0.2) is 36.5 Å². The van der Waals surface area contributed by atoms with E-state index >= 15 is 0 Å². The number of halogens is 1. The number of aromatic nitrogens is 4. The number of pyridine rings is 2. The number of nitrogens with two attached hydrogens (primary N) is 1. The van der Waals surface area contributed by atoms with Crippen LogP contribution in [-0.4, -0.2) is 32.8 Å². The highest BCUT2D eigenvalue weighted by Crippen LogP contribution is 2.38. The number of methoxy groups -OCH3 is 1. The van der Waals surface area contributed by atoms with Crippen molar-refractivity contribution in [2.24, 2.45) is 12.8 Å². The second-order valence-electron chi connectivity index (χ2n) is 5.78. The van der Waals surface area contributed by atoms with Gasteiger partial charge in [0.25, 0.3) is 5.91 Å². The number of hydrogen-bond acceptors (Lipinski definition) is 5. The van der Waals surface area contributed by atoms with Crippen molar-refractivity contribution in [3.63, 3.8) is 0 Å². The number of aryl methyl sites for hydroxylation is 1. The maximum atomic E-state index is 11.9. The number of nitrogens with zero attached hydrogens (tertiary/aromatic N) is 4. The van der Waals surface area contributed by atoms with Gasteiger partial charge in [-0.15, -0.1) is 0 Å². The first kappa shape index (κ1) is 16.3. The fourth-order valence-electron chi connectivity index (χ4n) is 3.07. The normalized spacial score (nSPS) is 11.2. The first-order chi connectivity index (χ1) is 12.5. The number of benzene rings is 1. The third-order valence-corrected chi connectivity index (χ3v) is 4.44. The van der Waals surface area contributed by atoms with Crippen molar-refractivity contribution >= 4 is 39.3 Å². The molecule has 2 N–H and O–H groups in total.